The van der Waals surface area contributed by atoms with Crippen molar-refractivity contribution in [3.63, 3.8) is 0 Å². The van der Waals surface area contributed by atoms with Crippen molar-refractivity contribution >= 4 is 17.7 Å². The lowest BCUT2D eigenvalue weighted by Crippen LogP contribution is -2.47. The van der Waals surface area contributed by atoms with Gasteiger partial charge in [-0.1, -0.05) is 42.5 Å². The summed E-state index contributed by atoms with van der Waals surface area (Å²) in [6.45, 7) is 8.16. The fourth-order valence-electron chi connectivity index (χ4n) is 4.52. The molecule has 0 atom stereocenters. The summed E-state index contributed by atoms with van der Waals surface area (Å²) < 4.78 is 10.6. The second-order valence-corrected chi connectivity index (χ2v) is 8.51. The number of nitrogens with zero attached hydrogens (tertiary/aromatic N) is 3. The van der Waals surface area contributed by atoms with Crippen LogP contribution in [0, 0.1) is 0 Å². The second kappa shape index (κ2) is 11.2. The van der Waals surface area contributed by atoms with Crippen LogP contribution in [0.4, 0.5) is 10.5 Å². The van der Waals surface area contributed by atoms with Crippen LogP contribution in [-0.2, 0) is 33.8 Å². The number of amides is 1. The van der Waals surface area contributed by atoms with Gasteiger partial charge >= 0.3 is 12.1 Å². The molecular weight excluding hydrogens is 418 g/mol. The summed E-state index contributed by atoms with van der Waals surface area (Å²) in [7, 11) is 0. The summed E-state index contributed by atoms with van der Waals surface area (Å²) in [5.74, 6) is -0.128. The predicted octanol–water partition coefficient (Wildman–Crippen LogP) is 3.46. The molecule has 4 rings (SSSR count). The fourth-order valence-corrected chi connectivity index (χ4v) is 4.52. The molecule has 0 bridgehead atoms. The third-order valence-electron chi connectivity index (χ3n) is 6.36. The first-order valence-corrected chi connectivity index (χ1v) is 11.8. The van der Waals surface area contributed by atoms with E-state index in [9.17, 15) is 9.59 Å². The van der Waals surface area contributed by atoms with Gasteiger partial charge in [-0.25, -0.2) is 4.79 Å². The van der Waals surface area contributed by atoms with E-state index < -0.39 is 0 Å². The quantitative estimate of drug-likeness (QED) is 0.601. The van der Waals surface area contributed by atoms with Crippen molar-refractivity contribution in [2.45, 2.75) is 32.9 Å². The Morgan fingerprint density at radius 3 is 2.45 bits per heavy atom. The molecule has 7 heteroatoms. The Labute approximate surface area is 195 Å². The maximum absolute atomic E-state index is 12.7. The minimum atomic E-state index is -0.261. The van der Waals surface area contributed by atoms with Crippen molar-refractivity contribution in [2.75, 3.05) is 50.8 Å². The molecular formula is C26H33N3O4. The van der Waals surface area contributed by atoms with Crippen molar-refractivity contribution in [2.24, 2.45) is 0 Å². The van der Waals surface area contributed by atoms with Crippen LogP contribution in [0.1, 0.15) is 30.0 Å². The van der Waals surface area contributed by atoms with Crippen LogP contribution in [-0.4, -0.2) is 67.7 Å². The normalized spacial score (nSPS) is 16.3. The van der Waals surface area contributed by atoms with E-state index in [1.807, 2.05) is 42.2 Å². The molecule has 2 aliphatic rings. The van der Waals surface area contributed by atoms with Crippen LogP contribution in [0.15, 0.2) is 48.5 Å². The number of piperazine rings is 1. The maximum atomic E-state index is 12.7. The van der Waals surface area contributed by atoms with Crippen LogP contribution in [0.25, 0.3) is 0 Å². The highest BCUT2D eigenvalue weighted by molar-refractivity contribution is 5.70. The Morgan fingerprint density at radius 1 is 0.909 bits per heavy atom. The molecule has 0 radical (unpaired) electrons. The Bertz CT molecular complexity index is 942. The van der Waals surface area contributed by atoms with Gasteiger partial charge in [0.05, 0.1) is 19.6 Å². The van der Waals surface area contributed by atoms with Gasteiger partial charge in [0.25, 0.3) is 0 Å². The number of anilines is 1. The van der Waals surface area contributed by atoms with E-state index in [1.54, 1.807) is 0 Å². The molecule has 0 N–H and O–H groups in total. The first-order chi connectivity index (χ1) is 16.1. The SMILES string of the molecule is CCOC(=O)CCN1CCN(c2cccc3c2CN(C(=O)OCc2ccccc2)CC3)CC1. The summed E-state index contributed by atoms with van der Waals surface area (Å²) in [4.78, 5) is 30.9. The average Bonchev–Trinajstić information content (AvgIpc) is 2.86. The predicted molar refractivity (Wildman–Crippen MR) is 127 cm³/mol. The number of fused-ring (bicyclic) bond motifs is 1. The Kier molecular flexibility index (Phi) is 7.83. The number of ether oxygens (including phenoxy) is 2. The van der Waals surface area contributed by atoms with E-state index in [4.69, 9.17) is 9.47 Å². The van der Waals surface area contributed by atoms with Crippen LogP contribution in [0.2, 0.25) is 0 Å². The van der Waals surface area contributed by atoms with Gasteiger partial charge in [0.1, 0.15) is 6.61 Å². The van der Waals surface area contributed by atoms with E-state index >= 15 is 0 Å². The number of hydrogen-bond acceptors (Lipinski definition) is 6. The summed E-state index contributed by atoms with van der Waals surface area (Å²) >= 11 is 0. The minimum Gasteiger partial charge on any atom is -0.466 e. The summed E-state index contributed by atoms with van der Waals surface area (Å²) in [5, 5.41) is 0. The van der Waals surface area contributed by atoms with Crippen LogP contribution >= 0.6 is 0 Å². The number of rotatable bonds is 7. The van der Waals surface area contributed by atoms with Crippen LogP contribution in [0.5, 0.6) is 0 Å². The molecule has 2 heterocycles. The number of carbonyl (C=O) groups is 2. The third-order valence-corrected chi connectivity index (χ3v) is 6.36. The zero-order chi connectivity index (χ0) is 23.0. The molecule has 0 aromatic heterocycles. The number of carbonyl (C=O) groups excluding carboxylic acids is 2. The monoisotopic (exact) mass is 451 g/mol. The molecule has 1 fully saturated rings. The van der Waals surface area contributed by atoms with Gasteiger partial charge in [-0.15, -0.1) is 0 Å². The molecule has 1 amide bonds. The highest BCUT2D eigenvalue weighted by atomic mass is 16.6. The summed E-state index contributed by atoms with van der Waals surface area (Å²) in [5.41, 5.74) is 4.73. The van der Waals surface area contributed by atoms with Gasteiger partial charge in [-0.2, -0.15) is 0 Å². The lowest BCUT2D eigenvalue weighted by atomic mass is 9.97. The van der Waals surface area contributed by atoms with Crippen molar-refractivity contribution in [1.82, 2.24) is 9.80 Å². The van der Waals surface area contributed by atoms with Crippen LogP contribution < -0.4 is 4.90 Å². The largest absolute Gasteiger partial charge is 0.466 e. The van der Waals surface area contributed by atoms with E-state index in [2.05, 4.69) is 28.0 Å². The number of benzene rings is 2. The van der Waals surface area contributed by atoms with Gasteiger partial charge < -0.3 is 19.3 Å². The zero-order valence-corrected chi connectivity index (χ0v) is 19.4. The van der Waals surface area contributed by atoms with Gasteiger partial charge in [-0.05, 0) is 36.1 Å². The standard InChI is InChI=1S/C26H33N3O4/c1-2-32-25(30)12-13-27-15-17-28(18-16-27)24-10-6-9-22-11-14-29(19-23(22)24)26(31)33-20-21-7-4-3-5-8-21/h3-10H,2,11-20H2,1H3. The van der Waals surface area contributed by atoms with Gasteiger partial charge in [0, 0.05) is 45.0 Å². The summed E-state index contributed by atoms with van der Waals surface area (Å²) in [6, 6.07) is 16.2. The van der Waals surface area contributed by atoms with Crippen molar-refractivity contribution < 1.29 is 19.1 Å². The molecule has 2 aromatic rings. The molecule has 2 aromatic carbocycles. The van der Waals surface area contributed by atoms with E-state index in [1.165, 1.54) is 16.8 Å². The third kappa shape index (κ3) is 6.05. The Morgan fingerprint density at radius 2 is 1.70 bits per heavy atom. The van der Waals surface area contributed by atoms with Gasteiger partial charge in [0.2, 0.25) is 0 Å². The molecule has 7 nitrogen and oxygen atoms in total. The van der Waals surface area contributed by atoms with E-state index in [0.29, 0.717) is 32.7 Å². The average molecular weight is 452 g/mol. The topological polar surface area (TPSA) is 62.3 Å². The minimum absolute atomic E-state index is 0.128. The molecule has 0 saturated carbocycles. The molecule has 1 saturated heterocycles. The molecule has 0 unspecified atom stereocenters. The lowest BCUT2D eigenvalue weighted by Gasteiger charge is -2.38. The van der Waals surface area contributed by atoms with E-state index in [-0.39, 0.29) is 12.1 Å². The van der Waals surface area contributed by atoms with Gasteiger partial charge in [0.15, 0.2) is 0 Å². The molecule has 0 spiro atoms. The second-order valence-electron chi connectivity index (χ2n) is 8.51. The number of hydrogen-bond donors (Lipinski definition) is 0. The highest BCUT2D eigenvalue weighted by Gasteiger charge is 2.27. The Balaban J connectivity index is 1.34. The van der Waals surface area contributed by atoms with Crippen molar-refractivity contribution in [3.8, 4) is 0 Å². The van der Waals surface area contributed by atoms with Crippen LogP contribution in [0.3, 0.4) is 0 Å². The summed E-state index contributed by atoms with van der Waals surface area (Å²) in [6.07, 6.45) is 1.01. The highest BCUT2D eigenvalue weighted by Crippen LogP contribution is 2.30. The fraction of sp³-hybridized carbons (Fsp3) is 0.462. The Hall–Kier alpha value is -3.06. The van der Waals surface area contributed by atoms with Gasteiger partial charge in [-0.3, -0.25) is 9.69 Å². The first kappa shape index (κ1) is 23.1. The van der Waals surface area contributed by atoms with E-state index in [0.717, 1.165) is 44.7 Å². The lowest BCUT2D eigenvalue weighted by molar-refractivity contribution is -0.143. The zero-order valence-electron chi connectivity index (χ0n) is 19.4. The van der Waals surface area contributed by atoms with Crippen molar-refractivity contribution in [3.05, 3.63) is 65.2 Å². The number of esters is 1. The smallest absolute Gasteiger partial charge is 0.410 e. The maximum Gasteiger partial charge on any atom is 0.410 e. The molecule has 33 heavy (non-hydrogen) atoms. The van der Waals surface area contributed by atoms with Crippen molar-refractivity contribution in [1.29, 1.82) is 0 Å². The molecule has 176 valence electrons. The first-order valence-electron chi connectivity index (χ1n) is 11.8. The molecule has 2 aliphatic heterocycles. The molecule has 0 aliphatic carbocycles.